The summed E-state index contributed by atoms with van der Waals surface area (Å²) in [6, 6.07) is 12.3. The summed E-state index contributed by atoms with van der Waals surface area (Å²) in [5.74, 6) is -1.04. The van der Waals surface area contributed by atoms with E-state index in [1.54, 1.807) is 12.1 Å². The van der Waals surface area contributed by atoms with Crippen LogP contribution in [-0.2, 0) is 19.9 Å². The van der Waals surface area contributed by atoms with Gasteiger partial charge in [-0.15, -0.1) is 0 Å². The number of aryl methyl sites for hydroxylation is 1. The number of hydrogen-bond acceptors (Lipinski definition) is 5. The molecule has 0 radical (unpaired) electrons. The fourth-order valence-electron chi connectivity index (χ4n) is 2.37. The standard InChI is InChI=1S/C20H19NO4/c1-5-19(23)24-18-9-7-8-17(21-18)20(6-2,25-15(4)22)16-12-10-14(3)11-13-16/h5-13H,1-2H2,3-4H3. The largest absolute Gasteiger partial charge is 0.443 e. The molecule has 0 saturated carbocycles. The molecular weight excluding hydrogens is 318 g/mol. The third-order valence-electron chi connectivity index (χ3n) is 3.55. The fourth-order valence-corrected chi connectivity index (χ4v) is 2.37. The molecule has 0 fully saturated rings. The van der Waals surface area contributed by atoms with E-state index in [-0.39, 0.29) is 5.88 Å². The number of carbonyl (C=O) groups excluding carboxylic acids is 2. The number of esters is 2. The van der Waals surface area contributed by atoms with Crippen LogP contribution in [0.1, 0.15) is 23.7 Å². The second-order valence-electron chi connectivity index (χ2n) is 5.39. The minimum atomic E-state index is -1.30. The zero-order chi connectivity index (χ0) is 18.4. The van der Waals surface area contributed by atoms with E-state index in [0.29, 0.717) is 11.3 Å². The minimum absolute atomic E-state index is 0.0767. The first-order chi connectivity index (χ1) is 11.9. The molecule has 0 spiro atoms. The number of aromatic nitrogens is 1. The molecule has 1 aromatic heterocycles. The van der Waals surface area contributed by atoms with Crippen molar-refractivity contribution in [2.24, 2.45) is 0 Å². The second kappa shape index (κ2) is 7.57. The average Bonchev–Trinajstić information content (AvgIpc) is 2.60. The summed E-state index contributed by atoms with van der Waals surface area (Å²) in [6.07, 6.45) is 2.54. The summed E-state index contributed by atoms with van der Waals surface area (Å²) in [7, 11) is 0. The molecule has 1 atom stereocenters. The molecule has 0 aliphatic rings. The highest BCUT2D eigenvalue weighted by Gasteiger charge is 2.36. The van der Waals surface area contributed by atoms with Gasteiger partial charge in [0, 0.05) is 24.6 Å². The van der Waals surface area contributed by atoms with E-state index >= 15 is 0 Å². The van der Waals surface area contributed by atoms with Gasteiger partial charge in [-0.1, -0.05) is 49.1 Å². The molecule has 128 valence electrons. The Kier molecular flexibility index (Phi) is 5.49. The maximum absolute atomic E-state index is 11.7. The summed E-state index contributed by atoms with van der Waals surface area (Å²) >= 11 is 0. The number of nitrogens with zero attached hydrogens (tertiary/aromatic N) is 1. The predicted molar refractivity (Wildman–Crippen MR) is 94.0 cm³/mol. The number of hydrogen-bond donors (Lipinski definition) is 0. The van der Waals surface area contributed by atoms with E-state index in [2.05, 4.69) is 18.1 Å². The maximum Gasteiger partial charge on any atom is 0.336 e. The molecule has 0 N–H and O–H groups in total. The van der Waals surface area contributed by atoms with Gasteiger partial charge < -0.3 is 9.47 Å². The van der Waals surface area contributed by atoms with Gasteiger partial charge in [-0.3, -0.25) is 4.79 Å². The van der Waals surface area contributed by atoms with Crippen LogP contribution in [0, 0.1) is 6.92 Å². The van der Waals surface area contributed by atoms with Crippen LogP contribution in [0.2, 0.25) is 0 Å². The van der Waals surface area contributed by atoms with E-state index in [1.807, 2.05) is 31.2 Å². The van der Waals surface area contributed by atoms with Gasteiger partial charge in [0.2, 0.25) is 5.88 Å². The van der Waals surface area contributed by atoms with Gasteiger partial charge in [0.25, 0.3) is 0 Å². The molecule has 5 nitrogen and oxygen atoms in total. The number of ether oxygens (including phenoxy) is 2. The normalized spacial score (nSPS) is 12.6. The molecule has 0 amide bonds. The molecular formula is C20H19NO4. The Morgan fingerprint density at radius 1 is 1.12 bits per heavy atom. The summed E-state index contributed by atoms with van der Waals surface area (Å²) in [4.78, 5) is 27.5. The number of rotatable bonds is 6. The molecule has 0 aliphatic carbocycles. The highest BCUT2D eigenvalue weighted by molar-refractivity contribution is 5.83. The number of benzene rings is 1. The summed E-state index contributed by atoms with van der Waals surface area (Å²) < 4.78 is 10.7. The minimum Gasteiger partial charge on any atom is -0.443 e. The SMILES string of the molecule is C=CC(=O)Oc1cccc(C(C=C)(OC(C)=O)c2ccc(C)cc2)n1. The van der Waals surface area contributed by atoms with Gasteiger partial charge in [-0.05, 0) is 19.1 Å². The molecule has 25 heavy (non-hydrogen) atoms. The van der Waals surface area contributed by atoms with Crippen molar-refractivity contribution in [1.82, 2.24) is 4.98 Å². The van der Waals surface area contributed by atoms with Crippen molar-refractivity contribution in [3.05, 3.63) is 84.6 Å². The molecule has 1 heterocycles. The molecule has 2 rings (SSSR count). The zero-order valence-electron chi connectivity index (χ0n) is 14.2. The summed E-state index contributed by atoms with van der Waals surface area (Å²) in [5.41, 5.74) is 0.820. The lowest BCUT2D eigenvalue weighted by atomic mass is 9.89. The predicted octanol–water partition coefficient (Wildman–Crippen LogP) is 3.47. The molecule has 1 unspecified atom stereocenters. The molecule has 0 bridgehead atoms. The van der Waals surface area contributed by atoms with Crippen LogP contribution in [0.4, 0.5) is 0 Å². The van der Waals surface area contributed by atoms with Gasteiger partial charge in [0.1, 0.15) is 0 Å². The van der Waals surface area contributed by atoms with Crippen LogP contribution < -0.4 is 4.74 Å². The van der Waals surface area contributed by atoms with Gasteiger partial charge in [0.15, 0.2) is 5.60 Å². The molecule has 5 heteroatoms. The first-order valence-corrected chi connectivity index (χ1v) is 7.63. The monoisotopic (exact) mass is 337 g/mol. The number of pyridine rings is 1. The van der Waals surface area contributed by atoms with Crippen molar-refractivity contribution in [1.29, 1.82) is 0 Å². The Labute approximate surface area is 146 Å². The number of carbonyl (C=O) groups is 2. The summed E-state index contributed by atoms with van der Waals surface area (Å²) in [6.45, 7) is 10.4. The van der Waals surface area contributed by atoms with E-state index in [1.165, 1.54) is 19.1 Å². The average molecular weight is 337 g/mol. The Morgan fingerprint density at radius 3 is 2.36 bits per heavy atom. The highest BCUT2D eigenvalue weighted by Crippen LogP contribution is 2.35. The zero-order valence-corrected chi connectivity index (χ0v) is 14.2. The fraction of sp³-hybridized carbons (Fsp3) is 0.150. The quantitative estimate of drug-likeness (QED) is 0.459. The lowest BCUT2D eigenvalue weighted by Gasteiger charge is -2.30. The van der Waals surface area contributed by atoms with Gasteiger partial charge >= 0.3 is 11.9 Å². The molecule has 0 saturated heterocycles. The van der Waals surface area contributed by atoms with Crippen LogP contribution >= 0.6 is 0 Å². The van der Waals surface area contributed by atoms with Crippen LogP contribution in [0.3, 0.4) is 0 Å². The van der Waals surface area contributed by atoms with Crippen molar-refractivity contribution in [3.63, 3.8) is 0 Å². The second-order valence-corrected chi connectivity index (χ2v) is 5.39. The van der Waals surface area contributed by atoms with Gasteiger partial charge in [0.05, 0.1) is 5.69 Å². The smallest absolute Gasteiger partial charge is 0.336 e. The Bertz CT molecular complexity index is 811. The summed E-state index contributed by atoms with van der Waals surface area (Å²) in [5, 5.41) is 0. The first-order valence-electron chi connectivity index (χ1n) is 7.63. The van der Waals surface area contributed by atoms with Crippen molar-refractivity contribution >= 4 is 11.9 Å². The van der Waals surface area contributed by atoms with Crippen LogP contribution in [0.5, 0.6) is 5.88 Å². The third-order valence-corrected chi connectivity index (χ3v) is 3.55. The lowest BCUT2D eigenvalue weighted by Crippen LogP contribution is -2.32. The van der Waals surface area contributed by atoms with E-state index in [0.717, 1.165) is 11.6 Å². The topological polar surface area (TPSA) is 65.5 Å². The highest BCUT2D eigenvalue weighted by atomic mass is 16.6. The van der Waals surface area contributed by atoms with Crippen molar-refractivity contribution < 1.29 is 19.1 Å². The van der Waals surface area contributed by atoms with E-state index in [9.17, 15) is 9.59 Å². The Hall–Kier alpha value is -3.21. The van der Waals surface area contributed by atoms with Gasteiger partial charge in [-0.25, -0.2) is 9.78 Å². The Morgan fingerprint density at radius 2 is 1.80 bits per heavy atom. The van der Waals surface area contributed by atoms with Crippen molar-refractivity contribution in [2.75, 3.05) is 0 Å². The van der Waals surface area contributed by atoms with Gasteiger partial charge in [-0.2, -0.15) is 0 Å². The molecule has 0 aliphatic heterocycles. The van der Waals surface area contributed by atoms with E-state index in [4.69, 9.17) is 9.47 Å². The Balaban J connectivity index is 2.59. The lowest BCUT2D eigenvalue weighted by molar-refractivity contribution is -0.150. The maximum atomic E-state index is 11.7. The van der Waals surface area contributed by atoms with Crippen LogP contribution in [-0.4, -0.2) is 16.9 Å². The van der Waals surface area contributed by atoms with Crippen LogP contribution in [0.25, 0.3) is 0 Å². The molecule has 1 aromatic carbocycles. The van der Waals surface area contributed by atoms with E-state index < -0.39 is 17.5 Å². The van der Waals surface area contributed by atoms with Crippen LogP contribution in [0.15, 0.2) is 67.8 Å². The third kappa shape index (κ3) is 4.01. The first kappa shape index (κ1) is 18.1. The van der Waals surface area contributed by atoms with Crippen molar-refractivity contribution in [3.8, 4) is 5.88 Å². The molecule has 2 aromatic rings. The van der Waals surface area contributed by atoms with Crippen molar-refractivity contribution in [2.45, 2.75) is 19.4 Å².